The van der Waals surface area contributed by atoms with Crippen molar-refractivity contribution in [3.63, 3.8) is 0 Å². The number of alkyl halides is 3. The Kier molecular flexibility index (Phi) is 5.87. The Morgan fingerprint density at radius 3 is 2.65 bits per heavy atom. The number of benzene rings is 1. The summed E-state index contributed by atoms with van der Waals surface area (Å²) in [6.45, 7) is 3.09. The van der Waals surface area contributed by atoms with Gasteiger partial charge in [0.15, 0.2) is 0 Å². The number of nitrogens with zero attached hydrogens (tertiary/aromatic N) is 1. The summed E-state index contributed by atoms with van der Waals surface area (Å²) in [5.41, 5.74) is -0.121. The smallest absolute Gasteiger partial charge is 0.378 e. The van der Waals surface area contributed by atoms with Crippen molar-refractivity contribution in [3.05, 3.63) is 23.8 Å². The first kappa shape index (κ1) is 18.8. The van der Waals surface area contributed by atoms with Gasteiger partial charge in [0, 0.05) is 26.2 Å². The fourth-order valence-corrected chi connectivity index (χ4v) is 3.07. The van der Waals surface area contributed by atoms with E-state index in [1.165, 1.54) is 6.07 Å². The zero-order valence-electron chi connectivity index (χ0n) is 14.3. The van der Waals surface area contributed by atoms with Gasteiger partial charge >= 0.3 is 12.2 Å². The minimum atomic E-state index is -4.48. The Labute approximate surface area is 149 Å². The first-order valence-corrected chi connectivity index (χ1v) is 8.64. The fourth-order valence-electron chi connectivity index (χ4n) is 3.07. The lowest BCUT2D eigenvalue weighted by atomic mass is 10.1. The third-order valence-electron chi connectivity index (χ3n) is 4.44. The monoisotopic (exact) mass is 373 g/mol. The van der Waals surface area contributed by atoms with Gasteiger partial charge in [-0.15, -0.1) is 0 Å². The van der Waals surface area contributed by atoms with E-state index in [1.807, 2.05) is 4.90 Å². The topological polar surface area (TPSA) is 62.8 Å². The van der Waals surface area contributed by atoms with E-state index in [1.54, 1.807) is 0 Å². The molecule has 2 fully saturated rings. The number of urea groups is 1. The second-order valence-electron chi connectivity index (χ2n) is 6.30. The minimum Gasteiger partial charge on any atom is -0.378 e. The van der Waals surface area contributed by atoms with Gasteiger partial charge in [-0.1, -0.05) is 0 Å². The summed E-state index contributed by atoms with van der Waals surface area (Å²) < 4.78 is 49.9. The standard InChI is InChI=1S/C17H22F3N3O3/c18-17(19,20)12-3-4-15(23-5-8-25-9-6-23)14(10-12)22-16(24)21-11-13-2-1-7-26-13/h3-4,10,13H,1-2,5-9,11H2,(H2,21,22,24)/t13-/m1/s1. The van der Waals surface area contributed by atoms with Crippen molar-refractivity contribution in [2.75, 3.05) is 49.7 Å². The maximum atomic E-state index is 13.1. The highest BCUT2D eigenvalue weighted by Crippen LogP contribution is 2.35. The summed E-state index contributed by atoms with van der Waals surface area (Å²) in [7, 11) is 0. The summed E-state index contributed by atoms with van der Waals surface area (Å²) in [5, 5.41) is 5.22. The minimum absolute atomic E-state index is 0.0408. The number of carbonyl (C=O) groups is 1. The molecule has 0 aliphatic carbocycles. The van der Waals surface area contributed by atoms with Crippen molar-refractivity contribution in [2.24, 2.45) is 0 Å². The van der Waals surface area contributed by atoms with Crippen LogP contribution in [0.1, 0.15) is 18.4 Å². The summed E-state index contributed by atoms with van der Waals surface area (Å²) in [4.78, 5) is 14.1. The van der Waals surface area contributed by atoms with Crippen LogP contribution in [-0.2, 0) is 15.7 Å². The highest BCUT2D eigenvalue weighted by Gasteiger charge is 2.32. The third kappa shape index (κ3) is 4.79. The number of ether oxygens (including phenoxy) is 2. The molecular formula is C17H22F3N3O3. The third-order valence-corrected chi connectivity index (χ3v) is 4.44. The molecule has 3 rings (SSSR count). The first-order chi connectivity index (χ1) is 12.4. The Morgan fingerprint density at radius 1 is 1.23 bits per heavy atom. The molecule has 0 bridgehead atoms. The molecule has 0 saturated carbocycles. The van der Waals surface area contributed by atoms with Crippen LogP contribution in [0.3, 0.4) is 0 Å². The van der Waals surface area contributed by atoms with Gasteiger partial charge in [0.25, 0.3) is 0 Å². The number of halogens is 3. The largest absolute Gasteiger partial charge is 0.416 e. The molecule has 2 amide bonds. The number of morpholine rings is 1. The van der Waals surface area contributed by atoms with Crippen LogP contribution in [0.2, 0.25) is 0 Å². The second-order valence-corrected chi connectivity index (χ2v) is 6.30. The van der Waals surface area contributed by atoms with Gasteiger partial charge in [0.2, 0.25) is 0 Å². The summed E-state index contributed by atoms with van der Waals surface area (Å²) in [5.74, 6) is 0. The molecule has 1 aromatic rings. The molecular weight excluding hydrogens is 351 g/mol. The lowest BCUT2D eigenvalue weighted by molar-refractivity contribution is -0.137. The molecule has 2 aliphatic heterocycles. The molecule has 0 unspecified atom stereocenters. The van der Waals surface area contributed by atoms with Crippen molar-refractivity contribution in [3.8, 4) is 0 Å². The van der Waals surface area contributed by atoms with E-state index in [0.717, 1.165) is 25.0 Å². The summed E-state index contributed by atoms with van der Waals surface area (Å²) in [6.07, 6.45) is -2.71. The number of anilines is 2. The molecule has 1 atom stereocenters. The Balaban J connectivity index is 1.73. The normalized spacial score (nSPS) is 20.9. The molecule has 6 nitrogen and oxygen atoms in total. The second kappa shape index (κ2) is 8.13. The molecule has 0 spiro atoms. The van der Waals surface area contributed by atoms with Gasteiger partial charge in [0.1, 0.15) is 0 Å². The van der Waals surface area contributed by atoms with Crippen molar-refractivity contribution in [2.45, 2.75) is 25.1 Å². The van der Waals surface area contributed by atoms with E-state index in [4.69, 9.17) is 9.47 Å². The number of carbonyl (C=O) groups excluding carboxylic acids is 1. The van der Waals surface area contributed by atoms with Gasteiger partial charge in [-0.2, -0.15) is 13.2 Å². The van der Waals surface area contributed by atoms with E-state index >= 15 is 0 Å². The van der Waals surface area contributed by atoms with E-state index in [2.05, 4.69) is 10.6 Å². The van der Waals surface area contributed by atoms with Crippen molar-refractivity contribution in [1.82, 2.24) is 5.32 Å². The average Bonchev–Trinajstić information content (AvgIpc) is 3.13. The molecule has 0 radical (unpaired) electrons. The SMILES string of the molecule is O=C(NC[C@H]1CCCO1)Nc1cc(C(F)(F)F)ccc1N1CCOCC1. The number of rotatable bonds is 4. The van der Waals surface area contributed by atoms with Crippen LogP contribution in [0, 0.1) is 0 Å². The zero-order valence-corrected chi connectivity index (χ0v) is 14.3. The van der Waals surface area contributed by atoms with Crippen LogP contribution < -0.4 is 15.5 Å². The highest BCUT2D eigenvalue weighted by atomic mass is 19.4. The Morgan fingerprint density at radius 2 is 2.00 bits per heavy atom. The number of amides is 2. The summed E-state index contributed by atoms with van der Waals surface area (Å²) in [6, 6.07) is 2.84. The first-order valence-electron chi connectivity index (χ1n) is 8.64. The number of hydrogen-bond acceptors (Lipinski definition) is 4. The molecule has 26 heavy (non-hydrogen) atoms. The lowest BCUT2D eigenvalue weighted by Crippen LogP contribution is -2.38. The lowest BCUT2D eigenvalue weighted by Gasteiger charge is -2.31. The predicted octanol–water partition coefficient (Wildman–Crippen LogP) is 2.84. The van der Waals surface area contributed by atoms with Crippen molar-refractivity contribution >= 4 is 17.4 Å². The van der Waals surface area contributed by atoms with E-state index < -0.39 is 17.8 Å². The molecule has 2 heterocycles. The van der Waals surface area contributed by atoms with Crippen LogP contribution in [0.15, 0.2) is 18.2 Å². The number of hydrogen-bond donors (Lipinski definition) is 2. The molecule has 2 N–H and O–H groups in total. The predicted molar refractivity (Wildman–Crippen MR) is 90.5 cm³/mol. The quantitative estimate of drug-likeness (QED) is 0.852. The molecule has 0 aromatic heterocycles. The Bertz CT molecular complexity index is 627. The molecule has 9 heteroatoms. The van der Waals surface area contributed by atoms with Gasteiger partial charge < -0.3 is 25.0 Å². The Hall–Kier alpha value is -2.00. The van der Waals surface area contributed by atoms with Gasteiger partial charge in [0.05, 0.1) is 36.3 Å². The molecule has 144 valence electrons. The van der Waals surface area contributed by atoms with Crippen molar-refractivity contribution < 1.29 is 27.4 Å². The van der Waals surface area contributed by atoms with Crippen LogP contribution in [0.25, 0.3) is 0 Å². The van der Waals surface area contributed by atoms with Crippen LogP contribution in [-0.4, -0.2) is 51.6 Å². The zero-order chi connectivity index (χ0) is 18.6. The van der Waals surface area contributed by atoms with Crippen LogP contribution >= 0.6 is 0 Å². The van der Waals surface area contributed by atoms with Gasteiger partial charge in [-0.25, -0.2) is 4.79 Å². The molecule has 2 aliphatic rings. The van der Waals surface area contributed by atoms with E-state index in [-0.39, 0.29) is 11.8 Å². The van der Waals surface area contributed by atoms with E-state index in [0.29, 0.717) is 45.1 Å². The van der Waals surface area contributed by atoms with Crippen molar-refractivity contribution in [1.29, 1.82) is 0 Å². The summed E-state index contributed by atoms with van der Waals surface area (Å²) >= 11 is 0. The average molecular weight is 373 g/mol. The molecule has 1 aromatic carbocycles. The van der Waals surface area contributed by atoms with Crippen LogP contribution in [0.4, 0.5) is 29.3 Å². The van der Waals surface area contributed by atoms with Gasteiger partial charge in [-0.05, 0) is 31.0 Å². The fraction of sp³-hybridized carbons (Fsp3) is 0.588. The van der Waals surface area contributed by atoms with E-state index in [9.17, 15) is 18.0 Å². The number of nitrogens with one attached hydrogen (secondary N) is 2. The van der Waals surface area contributed by atoms with Gasteiger partial charge in [-0.3, -0.25) is 0 Å². The maximum absolute atomic E-state index is 13.1. The maximum Gasteiger partial charge on any atom is 0.416 e. The highest BCUT2D eigenvalue weighted by molar-refractivity contribution is 5.93. The molecule has 2 saturated heterocycles. The van der Waals surface area contributed by atoms with Crippen LogP contribution in [0.5, 0.6) is 0 Å².